The fourth-order valence-corrected chi connectivity index (χ4v) is 3.73. The molecule has 0 fully saturated rings. The summed E-state index contributed by atoms with van der Waals surface area (Å²) in [5, 5.41) is 8.59. The minimum atomic E-state index is -0.560. The molecule has 0 saturated heterocycles. The second kappa shape index (κ2) is 9.56. The smallest absolute Gasteiger partial charge is 0.267 e. The van der Waals surface area contributed by atoms with Crippen LogP contribution < -0.4 is 10.9 Å². The zero-order valence-corrected chi connectivity index (χ0v) is 19.0. The van der Waals surface area contributed by atoms with Gasteiger partial charge in [-0.3, -0.25) is 20.4 Å². The average molecular weight is 463 g/mol. The molecule has 2 amide bonds. The highest BCUT2D eigenvalue weighted by Crippen LogP contribution is 2.25. The summed E-state index contributed by atoms with van der Waals surface area (Å²) in [5.41, 5.74) is 9.85. The Morgan fingerprint density at radius 3 is 2.37 bits per heavy atom. The van der Waals surface area contributed by atoms with Crippen LogP contribution in [0.4, 0.5) is 0 Å². The summed E-state index contributed by atoms with van der Waals surface area (Å²) in [6.07, 6.45) is 1.53. The van der Waals surface area contributed by atoms with Gasteiger partial charge in [0.05, 0.1) is 29.5 Å². The van der Waals surface area contributed by atoms with Gasteiger partial charge in [-0.15, -0.1) is 5.10 Å². The number of hydrogen-bond donors (Lipinski definition) is 2. The van der Waals surface area contributed by atoms with Gasteiger partial charge in [0, 0.05) is 10.9 Å². The molecule has 172 valence electrons. The van der Waals surface area contributed by atoms with E-state index >= 15 is 0 Å². The van der Waals surface area contributed by atoms with E-state index in [-0.39, 0.29) is 5.69 Å². The van der Waals surface area contributed by atoms with E-state index < -0.39 is 11.8 Å². The maximum Gasteiger partial charge on any atom is 0.291 e. The fourth-order valence-electron chi connectivity index (χ4n) is 3.73. The van der Waals surface area contributed by atoms with E-state index in [1.54, 1.807) is 10.7 Å². The van der Waals surface area contributed by atoms with Crippen molar-refractivity contribution >= 4 is 22.7 Å². The number of carbonyl (C=O) groups is 2. The van der Waals surface area contributed by atoms with Crippen molar-refractivity contribution in [1.29, 1.82) is 0 Å². The van der Waals surface area contributed by atoms with Crippen LogP contribution in [-0.4, -0.2) is 31.8 Å². The van der Waals surface area contributed by atoms with Gasteiger partial charge in [0.15, 0.2) is 5.69 Å². The zero-order chi connectivity index (χ0) is 24.2. The predicted molar refractivity (Wildman–Crippen MR) is 132 cm³/mol. The van der Waals surface area contributed by atoms with Crippen LogP contribution in [0.15, 0.2) is 91.1 Å². The summed E-state index contributed by atoms with van der Waals surface area (Å²) in [7, 11) is 0. The van der Waals surface area contributed by atoms with Gasteiger partial charge in [-0.1, -0.05) is 83.6 Å². The second-order valence-electron chi connectivity index (χ2n) is 8.13. The Hall–Kier alpha value is -4.85. The Labute approximate surface area is 201 Å². The van der Waals surface area contributed by atoms with Gasteiger partial charge in [0.2, 0.25) is 0 Å². The van der Waals surface area contributed by atoms with Gasteiger partial charge in [-0.25, -0.2) is 9.67 Å². The highest BCUT2D eigenvalue weighted by atomic mass is 16.2. The van der Waals surface area contributed by atoms with Crippen molar-refractivity contribution in [3.05, 3.63) is 114 Å². The lowest BCUT2D eigenvalue weighted by molar-refractivity contribution is 0.0844. The highest BCUT2D eigenvalue weighted by Gasteiger charge is 2.16. The third-order valence-corrected chi connectivity index (χ3v) is 5.56. The van der Waals surface area contributed by atoms with Crippen LogP contribution in [0.5, 0.6) is 0 Å². The number of hydrazine groups is 1. The first-order valence-corrected chi connectivity index (χ1v) is 11.1. The molecule has 0 unspecified atom stereocenters. The number of fused-ring (bicyclic) bond motifs is 1. The molecule has 8 heteroatoms. The van der Waals surface area contributed by atoms with Crippen molar-refractivity contribution in [2.24, 2.45) is 0 Å². The molecule has 0 aliphatic heterocycles. The van der Waals surface area contributed by atoms with Crippen LogP contribution >= 0.6 is 0 Å². The molecule has 5 aromatic rings. The summed E-state index contributed by atoms with van der Waals surface area (Å²) in [5.74, 6) is -1.02. The molecule has 0 saturated carbocycles. The van der Waals surface area contributed by atoms with E-state index in [1.165, 1.54) is 6.20 Å². The first kappa shape index (κ1) is 22.0. The number of pyridine rings is 1. The number of aryl methyl sites for hydroxylation is 1. The molecule has 0 aliphatic carbocycles. The molecule has 2 aromatic heterocycles. The minimum Gasteiger partial charge on any atom is -0.267 e. The molecule has 0 aliphatic rings. The molecule has 3 aromatic carbocycles. The molecule has 35 heavy (non-hydrogen) atoms. The summed E-state index contributed by atoms with van der Waals surface area (Å²) in [4.78, 5) is 30.4. The molecular formula is C27H22N6O2. The largest absolute Gasteiger partial charge is 0.291 e. The Balaban J connectivity index is 1.33. The Kier molecular flexibility index (Phi) is 6.00. The van der Waals surface area contributed by atoms with Gasteiger partial charge in [0.1, 0.15) is 0 Å². The molecule has 2 heterocycles. The van der Waals surface area contributed by atoms with Gasteiger partial charge >= 0.3 is 0 Å². The molecule has 5 rings (SSSR count). The molecule has 2 N–H and O–H groups in total. The van der Waals surface area contributed by atoms with Crippen LogP contribution in [0.2, 0.25) is 0 Å². The zero-order valence-electron chi connectivity index (χ0n) is 19.0. The Morgan fingerprint density at radius 1 is 0.857 bits per heavy atom. The number of amides is 2. The van der Waals surface area contributed by atoms with Crippen molar-refractivity contribution in [1.82, 2.24) is 30.8 Å². The maximum absolute atomic E-state index is 13.1. The van der Waals surface area contributed by atoms with E-state index in [1.807, 2.05) is 85.8 Å². The average Bonchev–Trinajstić information content (AvgIpc) is 3.36. The van der Waals surface area contributed by atoms with Crippen LogP contribution in [0.3, 0.4) is 0 Å². The van der Waals surface area contributed by atoms with E-state index in [0.717, 1.165) is 16.7 Å². The van der Waals surface area contributed by atoms with Crippen LogP contribution in [0.1, 0.15) is 32.0 Å². The maximum atomic E-state index is 13.1. The predicted octanol–water partition coefficient (Wildman–Crippen LogP) is 3.92. The molecule has 8 nitrogen and oxygen atoms in total. The lowest BCUT2D eigenvalue weighted by atomic mass is 10.0. The van der Waals surface area contributed by atoms with E-state index in [4.69, 9.17) is 4.98 Å². The molecule has 0 bridgehead atoms. The number of nitrogens with one attached hydrogen (secondary N) is 2. The van der Waals surface area contributed by atoms with E-state index in [0.29, 0.717) is 28.7 Å². The third kappa shape index (κ3) is 4.91. The number of rotatable bonds is 5. The fraction of sp³-hybridized carbons (Fsp3) is 0.0741. The van der Waals surface area contributed by atoms with Gasteiger partial charge in [-0.2, -0.15) is 0 Å². The summed E-state index contributed by atoms with van der Waals surface area (Å²) in [6.45, 7) is 2.50. The molecule has 0 spiro atoms. The van der Waals surface area contributed by atoms with E-state index in [2.05, 4.69) is 21.2 Å². The third-order valence-electron chi connectivity index (χ3n) is 5.56. The van der Waals surface area contributed by atoms with Crippen molar-refractivity contribution < 1.29 is 9.59 Å². The van der Waals surface area contributed by atoms with Crippen molar-refractivity contribution in [2.75, 3.05) is 0 Å². The van der Waals surface area contributed by atoms with Gasteiger partial charge in [-0.05, 0) is 24.6 Å². The number of para-hydroxylation sites is 1. The standard InChI is InChI=1S/C27H22N6O2/c1-18-11-13-20(14-12-18)24-15-22(21-9-5-6-10-23(21)28-24)26(34)30-31-27(35)25-17-33(32-29-25)16-19-7-3-2-4-8-19/h2-15,17H,16H2,1H3,(H,30,34)(H,31,35). The van der Waals surface area contributed by atoms with Crippen LogP contribution in [-0.2, 0) is 6.54 Å². The van der Waals surface area contributed by atoms with E-state index in [9.17, 15) is 9.59 Å². The quantitative estimate of drug-likeness (QED) is 0.386. The number of aromatic nitrogens is 4. The summed E-state index contributed by atoms with van der Waals surface area (Å²) in [6, 6.07) is 26.8. The highest BCUT2D eigenvalue weighted by molar-refractivity contribution is 6.08. The molecule has 0 atom stereocenters. The van der Waals surface area contributed by atoms with Gasteiger partial charge in [0.25, 0.3) is 11.8 Å². The number of carbonyl (C=O) groups excluding carboxylic acids is 2. The summed E-state index contributed by atoms with van der Waals surface area (Å²) >= 11 is 0. The van der Waals surface area contributed by atoms with Gasteiger partial charge < -0.3 is 0 Å². The van der Waals surface area contributed by atoms with Crippen molar-refractivity contribution in [3.8, 4) is 11.3 Å². The molecular weight excluding hydrogens is 440 g/mol. The number of benzene rings is 3. The van der Waals surface area contributed by atoms with Crippen molar-refractivity contribution in [3.63, 3.8) is 0 Å². The lowest BCUT2D eigenvalue weighted by Gasteiger charge is -2.11. The summed E-state index contributed by atoms with van der Waals surface area (Å²) < 4.78 is 1.57. The van der Waals surface area contributed by atoms with Crippen LogP contribution in [0, 0.1) is 6.92 Å². The minimum absolute atomic E-state index is 0.0983. The van der Waals surface area contributed by atoms with Crippen LogP contribution in [0.25, 0.3) is 22.2 Å². The van der Waals surface area contributed by atoms with Crippen molar-refractivity contribution in [2.45, 2.75) is 13.5 Å². The first-order valence-electron chi connectivity index (χ1n) is 11.1. The topological polar surface area (TPSA) is 102 Å². The Morgan fingerprint density at radius 2 is 1.57 bits per heavy atom. The monoisotopic (exact) mass is 462 g/mol. The SMILES string of the molecule is Cc1ccc(-c2cc(C(=O)NNC(=O)c3cn(Cc4ccccc4)nn3)c3ccccc3n2)cc1. The lowest BCUT2D eigenvalue weighted by Crippen LogP contribution is -2.41. The number of nitrogens with zero attached hydrogens (tertiary/aromatic N) is 4. The Bertz CT molecular complexity index is 1510. The first-order chi connectivity index (χ1) is 17.1. The second-order valence-corrected chi connectivity index (χ2v) is 8.13. The molecule has 0 radical (unpaired) electrons. The normalized spacial score (nSPS) is 10.8. The number of hydrogen-bond acceptors (Lipinski definition) is 5.